The maximum absolute atomic E-state index is 5.46. The Morgan fingerprint density at radius 2 is 2.20 bits per heavy atom. The minimum atomic E-state index is 0.306. The Morgan fingerprint density at radius 1 is 1.53 bits per heavy atom. The first-order chi connectivity index (χ1) is 6.97. The fourth-order valence-corrected chi connectivity index (χ4v) is 2.05. The summed E-state index contributed by atoms with van der Waals surface area (Å²) in [6.45, 7) is 13.1. The lowest BCUT2D eigenvalue weighted by molar-refractivity contribution is -0.0197. The molecule has 15 heavy (non-hydrogen) atoms. The lowest BCUT2D eigenvalue weighted by Crippen LogP contribution is -2.51. The number of morpholine rings is 1. The van der Waals surface area contributed by atoms with Gasteiger partial charge in [0.2, 0.25) is 0 Å². The van der Waals surface area contributed by atoms with Crippen molar-refractivity contribution in [2.75, 3.05) is 33.4 Å². The molecule has 0 radical (unpaired) electrons. The maximum Gasteiger partial charge on any atom is 0.0619 e. The smallest absolute Gasteiger partial charge is 0.0619 e. The Hall–Kier alpha value is -0.120. The molecule has 1 aliphatic heterocycles. The second-order valence-electron chi connectivity index (χ2n) is 5.39. The zero-order valence-electron chi connectivity index (χ0n) is 10.8. The summed E-state index contributed by atoms with van der Waals surface area (Å²) < 4.78 is 5.46. The molecular weight excluding hydrogens is 188 g/mol. The van der Waals surface area contributed by atoms with Crippen molar-refractivity contribution in [1.29, 1.82) is 0 Å². The largest absolute Gasteiger partial charge is 0.379 e. The molecule has 0 saturated carbocycles. The van der Waals surface area contributed by atoms with Crippen molar-refractivity contribution >= 4 is 0 Å². The summed E-state index contributed by atoms with van der Waals surface area (Å²) in [7, 11) is 2.04. The van der Waals surface area contributed by atoms with E-state index in [1.54, 1.807) is 0 Å². The predicted octanol–water partition coefficient (Wildman–Crippen LogP) is 1.34. The molecule has 3 heteroatoms. The van der Waals surface area contributed by atoms with Crippen LogP contribution in [0.5, 0.6) is 0 Å². The normalized spacial score (nSPS) is 26.6. The molecule has 2 unspecified atom stereocenters. The van der Waals surface area contributed by atoms with Gasteiger partial charge in [-0.1, -0.05) is 13.8 Å². The minimum Gasteiger partial charge on any atom is -0.379 e. The summed E-state index contributed by atoms with van der Waals surface area (Å²) >= 11 is 0. The van der Waals surface area contributed by atoms with E-state index in [1.165, 1.54) is 0 Å². The van der Waals surface area contributed by atoms with E-state index >= 15 is 0 Å². The Kier molecular flexibility index (Phi) is 4.56. The predicted molar refractivity (Wildman–Crippen MR) is 64.2 cm³/mol. The molecular formula is C12H26N2O. The number of hydrogen-bond acceptors (Lipinski definition) is 3. The van der Waals surface area contributed by atoms with Gasteiger partial charge in [-0.3, -0.25) is 4.90 Å². The molecule has 1 rings (SSSR count). The van der Waals surface area contributed by atoms with Gasteiger partial charge in [0.1, 0.15) is 0 Å². The van der Waals surface area contributed by atoms with Gasteiger partial charge in [-0.2, -0.15) is 0 Å². The molecule has 0 bridgehead atoms. The van der Waals surface area contributed by atoms with Crippen molar-refractivity contribution in [2.24, 2.45) is 5.41 Å². The van der Waals surface area contributed by atoms with Crippen LogP contribution >= 0.6 is 0 Å². The molecule has 0 amide bonds. The fraction of sp³-hybridized carbons (Fsp3) is 1.00. The standard InChI is InChI=1S/C12H26N2O/c1-10-8-15-7-6-14(10)9-12(3,4)11(2)13-5/h10-11,13H,6-9H2,1-5H3. The number of ether oxygens (including phenoxy) is 1. The molecule has 0 aromatic rings. The quantitative estimate of drug-likeness (QED) is 0.764. The summed E-state index contributed by atoms with van der Waals surface area (Å²) in [6.07, 6.45) is 0. The number of nitrogens with one attached hydrogen (secondary N) is 1. The highest BCUT2D eigenvalue weighted by molar-refractivity contribution is 4.85. The molecule has 1 aliphatic rings. The Bertz CT molecular complexity index is 194. The second-order valence-corrected chi connectivity index (χ2v) is 5.39. The fourth-order valence-electron chi connectivity index (χ4n) is 2.05. The van der Waals surface area contributed by atoms with Gasteiger partial charge < -0.3 is 10.1 Å². The van der Waals surface area contributed by atoms with E-state index in [-0.39, 0.29) is 0 Å². The molecule has 1 N–H and O–H groups in total. The maximum atomic E-state index is 5.46. The molecule has 1 heterocycles. The van der Waals surface area contributed by atoms with Crippen molar-refractivity contribution < 1.29 is 4.74 Å². The molecule has 0 aliphatic carbocycles. The van der Waals surface area contributed by atoms with Crippen LogP contribution in [0.25, 0.3) is 0 Å². The first kappa shape index (κ1) is 12.9. The highest BCUT2D eigenvalue weighted by Gasteiger charge is 2.30. The average molecular weight is 214 g/mol. The summed E-state index contributed by atoms with van der Waals surface area (Å²) in [5, 5.41) is 3.35. The summed E-state index contributed by atoms with van der Waals surface area (Å²) in [5.74, 6) is 0. The van der Waals surface area contributed by atoms with Gasteiger partial charge in [-0.15, -0.1) is 0 Å². The molecule has 3 nitrogen and oxygen atoms in total. The molecule has 2 atom stereocenters. The van der Waals surface area contributed by atoms with E-state index in [0.29, 0.717) is 17.5 Å². The van der Waals surface area contributed by atoms with Crippen LogP contribution in [0.4, 0.5) is 0 Å². The zero-order chi connectivity index (χ0) is 11.5. The van der Waals surface area contributed by atoms with Gasteiger partial charge in [0, 0.05) is 25.2 Å². The van der Waals surface area contributed by atoms with Gasteiger partial charge in [0.15, 0.2) is 0 Å². The van der Waals surface area contributed by atoms with E-state index in [0.717, 1.165) is 26.3 Å². The van der Waals surface area contributed by atoms with E-state index in [1.807, 2.05) is 7.05 Å². The lowest BCUT2D eigenvalue weighted by Gasteiger charge is -2.41. The van der Waals surface area contributed by atoms with E-state index in [4.69, 9.17) is 4.74 Å². The molecule has 0 spiro atoms. The third-order valence-electron chi connectivity index (χ3n) is 3.72. The summed E-state index contributed by atoms with van der Waals surface area (Å²) in [5.41, 5.74) is 0.306. The van der Waals surface area contributed by atoms with Crippen LogP contribution in [0.3, 0.4) is 0 Å². The van der Waals surface area contributed by atoms with Gasteiger partial charge in [0.05, 0.1) is 13.2 Å². The highest BCUT2D eigenvalue weighted by Crippen LogP contribution is 2.23. The molecule has 1 fully saturated rings. The van der Waals surface area contributed by atoms with Gasteiger partial charge in [-0.25, -0.2) is 0 Å². The van der Waals surface area contributed by atoms with Crippen LogP contribution in [0, 0.1) is 5.41 Å². The van der Waals surface area contributed by atoms with Crippen molar-refractivity contribution in [3.8, 4) is 0 Å². The van der Waals surface area contributed by atoms with Crippen LogP contribution in [-0.2, 0) is 4.74 Å². The van der Waals surface area contributed by atoms with Crippen molar-refractivity contribution in [1.82, 2.24) is 10.2 Å². The Labute approximate surface area is 94.2 Å². The van der Waals surface area contributed by atoms with Crippen LogP contribution < -0.4 is 5.32 Å². The number of rotatable bonds is 4. The van der Waals surface area contributed by atoms with Crippen molar-refractivity contribution in [3.63, 3.8) is 0 Å². The summed E-state index contributed by atoms with van der Waals surface area (Å²) in [4.78, 5) is 2.54. The van der Waals surface area contributed by atoms with Crippen LogP contribution in [0.2, 0.25) is 0 Å². The van der Waals surface area contributed by atoms with Crippen LogP contribution in [-0.4, -0.2) is 50.3 Å². The van der Waals surface area contributed by atoms with Gasteiger partial charge in [-0.05, 0) is 26.3 Å². The van der Waals surface area contributed by atoms with Crippen molar-refractivity contribution in [2.45, 2.75) is 39.8 Å². The minimum absolute atomic E-state index is 0.306. The topological polar surface area (TPSA) is 24.5 Å². The van der Waals surface area contributed by atoms with E-state index < -0.39 is 0 Å². The molecule has 90 valence electrons. The lowest BCUT2D eigenvalue weighted by atomic mass is 9.84. The first-order valence-electron chi connectivity index (χ1n) is 5.96. The summed E-state index contributed by atoms with van der Waals surface area (Å²) in [6, 6.07) is 1.09. The Morgan fingerprint density at radius 3 is 2.73 bits per heavy atom. The SMILES string of the molecule is CNC(C)C(C)(C)CN1CCOCC1C. The molecule has 1 saturated heterocycles. The van der Waals surface area contributed by atoms with Gasteiger partial charge in [0.25, 0.3) is 0 Å². The van der Waals surface area contributed by atoms with E-state index in [2.05, 4.69) is 37.9 Å². The van der Waals surface area contributed by atoms with E-state index in [9.17, 15) is 0 Å². The third kappa shape index (κ3) is 3.44. The molecule has 0 aromatic heterocycles. The van der Waals surface area contributed by atoms with Crippen LogP contribution in [0.15, 0.2) is 0 Å². The average Bonchev–Trinajstić information content (AvgIpc) is 2.20. The van der Waals surface area contributed by atoms with Crippen molar-refractivity contribution in [3.05, 3.63) is 0 Å². The van der Waals surface area contributed by atoms with Crippen LogP contribution in [0.1, 0.15) is 27.7 Å². The first-order valence-corrected chi connectivity index (χ1v) is 5.96. The number of nitrogens with zero attached hydrogens (tertiary/aromatic N) is 1. The third-order valence-corrected chi connectivity index (χ3v) is 3.72. The Balaban J connectivity index is 2.51. The van der Waals surface area contributed by atoms with Gasteiger partial charge >= 0.3 is 0 Å². The molecule has 0 aromatic carbocycles. The zero-order valence-corrected chi connectivity index (χ0v) is 10.8. The number of hydrogen-bond donors (Lipinski definition) is 1. The highest BCUT2D eigenvalue weighted by atomic mass is 16.5. The monoisotopic (exact) mass is 214 g/mol. The second kappa shape index (κ2) is 5.28.